The second-order valence-corrected chi connectivity index (χ2v) is 7.23. The molecule has 2 heterocycles. The van der Waals surface area contributed by atoms with E-state index in [2.05, 4.69) is 47.2 Å². The highest BCUT2D eigenvalue weighted by Crippen LogP contribution is 2.38. The molecule has 4 nitrogen and oxygen atoms in total. The van der Waals surface area contributed by atoms with Gasteiger partial charge in [0.15, 0.2) is 0 Å². The number of hydrogen-bond acceptors (Lipinski definition) is 5. The van der Waals surface area contributed by atoms with Crippen LogP contribution in [-0.4, -0.2) is 9.97 Å². The van der Waals surface area contributed by atoms with E-state index in [0.717, 1.165) is 22.6 Å². The summed E-state index contributed by atoms with van der Waals surface area (Å²) in [6.07, 6.45) is 2.49. The molecule has 4 rings (SSSR count). The zero-order valence-corrected chi connectivity index (χ0v) is 15.0. The Bertz CT molecular complexity index is 1150. The smallest absolute Gasteiger partial charge is 0.220 e. The molecule has 0 atom stereocenters. The molecule has 2 aromatic heterocycles. The molecule has 0 saturated heterocycles. The zero-order chi connectivity index (χ0) is 18.1. The minimum absolute atomic E-state index is 0.289. The Kier molecular flexibility index (Phi) is 4.11. The summed E-state index contributed by atoms with van der Waals surface area (Å²) in [6, 6.07) is 18.4. The molecular formula is C21H16N4S. The number of thiophene rings is 1. The molecule has 2 aromatic carbocycles. The maximum absolute atomic E-state index is 9.07. The van der Waals surface area contributed by atoms with Gasteiger partial charge in [0, 0.05) is 10.9 Å². The molecule has 2 N–H and O–H groups in total. The maximum Gasteiger partial charge on any atom is 0.220 e. The third-order valence-electron chi connectivity index (χ3n) is 4.37. The van der Waals surface area contributed by atoms with Gasteiger partial charge in [0.1, 0.15) is 0 Å². The Morgan fingerprint density at radius 2 is 1.96 bits per heavy atom. The number of nitrogens with zero attached hydrogens (tertiary/aromatic N) is 3. The van der Waals surface area contributed by atoms with Gasteiger partial charge in [0.2, 0.25) is 5.95 Å². The molecule has 0 amide bonds. The van der Waals surface area contributed by atoms with Crippen molar-refractivity contribution in [1.82, 2.24) is 9.97 Å². The van der Waals surface area contributed by atoms with Crippen molar-refractivity contribution in [3.63, 3.8) is 0 Å². The molecule has 0 spiro atoms. The van der Waals surface area contributed by atoms with Crippen molar-refractivity contribution in [2.75, 3.05) is 5.73 Å². The predicted molar refractivity (Wildman–Crippen MR) is 106 cm³/mol. The van der Waals surface area contributed by atoms with Crippen molar-refractivity contribution in [2.45, 2.75) is 13.3 Å². The van der Waals surface area contributed by atoms with E-state index in [-0.39, 0.29) is 5.95 Å². The first-order valence-electron chi connectivity index (χ1n) is 8.24. The molecule has 0 fully saturated rings. The Morgan fingerprint density at radius 1 is 1.12 bits per heavy atom. The number of anilines is 1. The first-order valence-corrected chi connectivity index (χ1v) is 9.05. The van der Waals surface area contributed by atoms with Gasteiger partial charge in [-0.25, -0.2) is 9.97 Å². The van der Waals surface area contributed by atoms with Crippen molar-refractivity contribution >= 4 is 27.4 Å². The van der Waals surface area contributed by atoms with E-state index in [1.165, 1.54) is 21.2 Å². The van der Waals surface area contributed by atoms with Crippen LogP contribution in [0.25, 0.3) is 20.7 Å². The molecule has 126 valence electrons. The lowest BCUT2D eigenvalue weighted by Crippen LogP contribution is -1.94. The second-order valence-electron chi connectivity index (χ2n) is 6.18. The van der Waals surface area contributed by atoms with Crippen molar-refractivity contribution in [3.05, 3.63) is 77.0 Å². The third kappa shape index (κ3) is 3.03. The van der Waals surface area contributed by atoms with Gasteiger partial charge < -0.3 is 5.73 Å². The number of aromatic nitrogens is 2. The van der Waals surface area contributed by atoms with Gasteiger partial charge in [0.05, 0.1) is 22.2 Å². The number of aryl methyl sites for hydroxylation is 1. The van der Waals surface area contributed by atoms with Crippen molar-refractivity contribution < 1.29 is 0 Å². The fourth-order valence-electron chi connectivity index (χ4n) is 3.11. The van der Waals surface area contributed by atoms with E-state index in [0.29, 0.717) is 5.56 Å². The summed E-state index contributed by atoms with van der Waals surface area (Å²) in [5, 5.41) is 10.3. The SMILES string of the molecule is Cc1c(-c2ccnc(N)n2)sc2ccc(Cc3cccc(C#N)c3)cc12. The number of rotatable bonds is 3. The van der Waals surface area contributed by atoms with Gasteiger partial charge >= 0.3 is 0 Å². The monoisotopic (exact) mass is 356 g/mol. The van der Waals surface area contributed by atoms with E-state index in [4.69, 9.17) is 11.0 Å². The van der Waals surface area contributed by atoms with Crippen LogP contribution in [0.4, 0.5) is 5.95 Å². The van der Waals surface area contributed by atoms with Crippen LogP contribution >= 0.6 is 11.3 Å². The van der Waals surface area contributed by atoms with Crippen molar-refractivity contribution in [1.29, 1.82) is 5.26 Å². The molecule has 0 unspecified atom stereocenters. The lowest BCUT2D eigenvalue weighted by molar-refractivity contribution is 1.19. The summed E-state index contributed by atoms with van der Waals surface area (Å²) in [4.78, 5) is 9.45. The number of nitrogens with two attached hydrogens (primary N) is 1. The van der Waals surface area contributed by atoms with Crippen molar-refractivity contribution in [3.8, 4) is 16.6 Å². The average molecular weight is 356 g/mol. The topological polar surface area (TPSA) is 75.6 Å². The first-order chi connectivity index (χ1) is 12.6. The van der Waals surface area contributed by atoms with E-state index in [1.807, 2.05) is 24.3 Å². The molecule has 5 heteroatoms. The Hall–Kier alpha value is -3.23. The third-order valence-corrected chi connectivity index (χ3v) is 5.67. The van der Waals surface area contributed by atoms with Gasteiger partial charge in [-0.15, -0.1) is 11.3 Å². The highest BCUT2D eigenvalue weighted by atomic mass is 32.1. The average Bonchev–Trinajstić information content (AvgIpc) is 2.98. The van der Waals surface area contributed by atoms with Gasteiger partial charge in [0.25, 0.3) is 0 Å². The van der Waals surface area contributed by atoms with Crippen LogP contribution in [0.5, 0.6) is 0 Å². The number of hydrogen-bond donors (Lipinski definition) is 1. The summed E-state index contributed by atoms with van der Waals surface area (Å²) in [5.74, 6) is 0.289. The van der Waals surface area contributed by atoms with E-state index in [9.17, 15) is 0 Å². The molecule has 0 saturated carbocycles. The van der Waals surface area contributed by atoms with Crippen LogP contribution in [0.2, 0.25) is 0 Å². The summed E-state index contributed by atoms with van der Waals surface area (Å²) in [5.41, 5.74) is 10.9. The fourth-order valence-corrected chi connectivity index (χ4v) is 4.27. The summed E-state index contributed by atoms with van der Waals surface area (Å²) < 4.78 is 1.23. The molecule has 0 aliphatic heterocycles. The number of benzene rings is 2. The molecule has 26 heavy (non-hydrogen) atoms. The van der Waals surface area contributed by atoms with Crippen LogP contribution in [0, 0.1) is 18.3 Å². The van der Waals surface area contributed by atoms with Gasteiger partial charge in [-0.3, -0.25) is 0 Å². The second kappa shape index (κ2) is 6.58. The van der Waals surface area contributed by atoms with Crippen LogP contribution in [-0.2, 0) is 6.42 Å². The van der Waals surface area contributed by atoms with Gasteiger partial charge in [-0.1, -0.05) is 18.2 Å². The lowest BCUT2D eigenvalue weighted by Gasteiger charge is -2.04. The molecular weight excluding hydrogens is 340 g/mol. The standard InChI is InChI=1S/C21H16N4S/c1-13-17-11-15(9-14-3-2-4-16(10-14)12-22)5-6-19(17)26-20(13)18-7-8-24-21(23)25-18/h2-8,10-11H,9H2,1H3,(H2,23,24,25). The predicted octanol–water partition coefficient (Wildman–Crippen LogP) is 4.71. The number of nitriles is 1. The van der Waals surface area contributed by atoms with E-state index >= 15 is 0 Å². The zero-order valence-electron chi connectivity index (χ0n) is 14.2. The Balaban J connectivity index is 1.73. The first kappa shape index (κ1) is 16.2. The summed E-state index contributed by atoms with van der Waals surface area (Å²) >= 11 is 1.72. The Labute approximate surface area is 155 Å². The lowest BCUT2D eigenvalue weighted by atomic mass is 10.0. The Morgan fingerprint density at radius 3 is 2.77 bits per heavy atom. The van der Waals surface area contributed by atoms with E-state index in [1.54, 1.807) is 17.5 Å². The molecule has 0 aliphatic carbocycles. The summed E-state index contributed by atoms with van der Waals surface area (Å²) in [7, 11) is 0. The molecule has 4 aromatic rings. The molecule has 0 bridgehead atoms. The number of nitrogen functional groups attached to an aromatic ring is 1. The molecule has 0 aliphatic rings. The summed E-state index contributed by atoms with van der Waals surface area (Å²) in [6.45, 7) is 2.12. The maximum atomic E-state index is 9.07. The number of fused-ring (bicyclic) bond motifs is 1. The largest absolute Gasteiger partial charge is 0.368 e. The van der Waals surface area contributed by atoms with Crippen LogP contribution in [0.3, 0.4) is 0 Å². The highest BCUT2D eigenvalue weighted by molar-refractivity contribution is 7.22. The van der Waals surface area contributed by atoms with E-state index < -0.39 is 0 Å². The minimum atomic E-state index is 0.289. The highest BCUT2D eigenvalue weighted by Gasteiger charge is 2.12. The van der Waals surface area contributed by atoms with Crippen LogP contribution in [0.1, 0.15) is 22.3 Å². The normalized spacial score (nSPS) is 10.8. The van der Waals surface area contributed by atoms with Crippen LogP contribution < -0.4 is 5.73 Å². The fraction of sp³-hybridized carbons (Fsp3) is 0.0952. The van der Waals surface area contributed by atoms with Gasteiger partial charge in [-0.2, -0.15) is 5.26 Å². The van der Waals surface area contributed by atoms with Crippen molar-refractivity contribution in [2.24, 2.45) is 0 Å². The van der Waals surface area contributed by atoms with Crippen LogP contribution in [0.15, 0.2) is 54.7 Å². The quantitative estimate of drug-likeness (QED) is 0.577. The van der Waals surface area contributed by atoms with Gasteiger partial charge in [-0.05, 0) is 65.8 Å². The molecule has 0 radical (unpaired) electrons. The minimum Gasteiger partial charge on any atom is -0.368 e.